The first-order valence-electron chi connectivity index (χ1n) is 7.27. The van der Waals surface area contributed by atoms with Crippen molar-refractivity contribution in [3.63, 3.8) is 0 Å². The molecule has 2 aromatic rings. The molecule has 0 bridgehead atoms. The quantitative estimate of drug-likeness (QED) is 0.751. The van der Waals surface area contributed by atoms with Gasteiger partial charge in [0.05, 0.1) is 6.42 Å². The average Bonchev–Trinajstić information content (AvgIpc) is 2.89. The minimum absolute atomic E-state index is 0.133. The lowest BCUT2D eigenvalue weighted by Gasteiger charge is -2.13. The maximum Gasteiger partial charge on any atom is 0.303 e. The lowest BCUT2D eigenvalue weighted by Crippen LogP contribution is -2.08. The van der Waals surface area contributed by atoms with Crippen LogP contribution in [0.5, 0.6) is 0 Å². The van der Waals surface area contributed by atoms with Gasteiger partial charge in [-0.1, -0.05) is 23.7 Å². The van der Waals surface area contributed by atoms with Crippen molar-refractivity contribution in [1.82, 2.24) is 4.57 Å². The van der Waals surface area contributed by atoms with Crippen molar-refractivity contribution < 1.29 is 14.6 Å². The topological polar surface area (TPSA) is 51.5 Å². The number of carboxylic acid groups (broad SMARTS) is 1. The number of methoxy groups -OCH3 is 1. The van der Waals surface area contributed by atoms with Crippen molar-refractivity contribution in [3.8, 4) is 11.3 Å². The molecule has 0 radical (unpaired) electrons. The fraction of sp³-hybridized carbons (Fsp3) is 0.353. The Hall–Kier alpha value is -1.78. The number of hydrogen-bond donors (Lipinski definition) is 1. The number of carboxylic acids is 1. The summed E-state index contributed by atoms with van der Waals surface area (Å²) >= 11 is 5.94. The van der Waals surface area contributed by atoms with Crippen molar-refractivity contribution in [3.05, 3.63) is 47.1 Å². The predicted octanol–water partition coefficient (Wildman–Crippen LogP) is 3.86. The van der Waals surface area contributed by atoms with Gasteiger partial charge in [-0.25, -0.2) is 0 Å². The van der Waals surface area contributed by atoms with E-state index < -0.39 is 5.97 Å². The van der Waals surface area contributed by atoms with Crippen LogP contribution >= 0.6 is 11.6 Å². The van der Waals surface area contributed by atoms with Crippen LogP contribution in [0.2, 0.25) is 5.02 Å². The average molecular weight is 322 g/mol. The van der Waals surface area contributed by atoms with Gasteiger partial charge >= 0.3 is 5.97 Å². The smallest absolute Gasteiger partial charge is 0.303 e. The fourth-order valence-corrected chi connectivity index (χ4v) is 2.59. The number of ether oxygens (including phenoxy) is 1. The number of nitrogens with zero attached hydrogens (tertiary/aromatic N) is 1. The lowest BCUT2D eigenvalue weighted by atomic mass is 10.1. The number of halogens is 1. The zero-order valence-electron chi connectivity index (χ0n) is 12.6. The Morgan fingerprint density at radius 2 is 1.95 bits per heavy atom. The molecule has 0 fully saturated rings. The molecule has 1 aromatic heterocycles. The van der Waals surface area contributed by atoms with Crippen LogP contribution in [0.1, 0.15) is 18.5 Å². The van der Waals surface area contributed by atoms with E-state index in [9.17, 15) is 4.79 Å². The van der Waals surface area contributed by atoms with Crippen LogP contribution in [0, 0.1) is 0 Å². The van der Waals surface area contributed by atoms with E-state index in [0.29, 0.717) is 18.1 Å². The highest BCUT2D eigenvalue weighted by Gasteiger charge is 2.11. The van der Waals surface area contributed by atoms with Gasteiger partial charge in [-0.15, -0.1) is 0 Å². The molecule has 0 aliphatic heterocycles. The van der Waals surface area contributed by atoms with Gasteiger partial charge in [0.1, 0.15) is 0 Å². The zero-order chi connectivity index (χ0) is 15.9. The molecule has 22 heavy (non-hydrogen) atoms. The minimum atomic E-state index is -0.780. The highest BCUT2D eigenvalue weighted by Crippen LogP contribution is 2.25. The Kier molecular flexibility index (Phi) is 6.04. The van der Waals surface area contributed by atoms with Crippen molar-refractivity contribution in [2.75, 3.05) is 13.7 Å². The summed E-state index contributed by atoms with van der Waals surface area (Å²) in [6.45, 7) is 1.48. The minimum Gasteiger partial charge on any atom is -0.481 e. The molecule has 0 amide bonds. The molecule has 4 nitrogen and oxygen atoms in total. The highest BCUT2D eigenvalue weighted by atomic mass is 35.5. The lowest BCUT2D eigenvalue weighted by molar-refractivity contribution is -0.136. The molecule has 0 aliphatic rings. The number of hydrogen-bond acceptors (Lipinski definition) is 2. The summed E-state index contributed by atoms with van der Waals surface area (Å²) in [4.78, 5) is 10.8. The van der Waals surface area contributed by atoms with E-state index in [-0.39, 0.29) is 6.42 Å². The van der Waals surface area contributed by atoms with E-state index in [2.05, 4.69) is 4.57 Å². The number of carbonyl (C=O) groups is 1. The van der Waals surface area contributed by atoms with Gasteiger partial charge in [0.15, 0.2) is 0 Å². The van der Waals surface area contributed by atoms with E-state index >= 15 is 0 Å². The SMILES string of the molecule is COCCCn1c(CCC(=O)O)ccc1-c1ccc(Cl)cc1. The van der Waals surface area contributed by atoms with Crippen molar-refractivity contribution >= 4 is 17.6 Å². The first kappa shape index (κ1) is 16.6. The number of aromatic nitrogens is 1. The predicted molar refractivity (Wildman–Crippen MR) is 87.3 cm³/mol. The van der Waals surface area contributed by atoms with Crippen LogP contribution in [-0.2, 0) is 22.5 Å². The summed E-state index contributed by atoms with van der Waals surface area (Å²) in [5.41, 5.74) is 3.18. The van der Waals surface area contributed by atoms with E-state index in [0.717, 1.165) is 29.9 Å². The first-order valence-corrected chi connectivity index (χ1v) is 7.64. The Labute approximate surface area is 135 Å². The van der Waals surface area contributed by atoms with Crippen LogP contribution in [0.15, 0.2) is 36.4 Å². The van der Waals surface area contributed by atoms with Gasteiger partial charge in [-0.05, 0) is 42.7 Å². The van der Waals surface area contributed by atoms with Gasteiger partial charge in [-0.2, -0.15) is 0 Å². The van der Waals surface area contributed by atoms with Gasteiger partial charge in [-0.3, -0.25) is 4.79 Å². The Bertz CT molecular complexity index is 619. The molecule has 5 heteroatoms. The molecule has 1 aromatic carbocycles. The zero-order valence-corrected chi connectivity index (χ0v) is 13.3. The molecule has 2 rings (SSSR count). The summed E-state index contributed by atoms with van der Waals surface area (Å²) in [5.74, 6) is -0.780. The number of benzene rings is 1. The first-order chi connectivity index (χ1) is 10.6. The molecule has 1 N–H and O–H groups in total. The molecule has 0 saturated heterocycles. The molecule has 1 heterocycles. The molecule has 0 atom stereocenters. The number of aliphatic carboxylic acids is 1. The summed E-state index contributed by atoms with van der Waals surface area (Å²) in [6, 6.07) is 11.7. The highest BCUT2D eigenvalue weighted by molar-refractivity contribution is 6.30. The van der Waals surface area contributed by atoms with Crippen molar-refractivity contribution in [1.29, 1.82) is 0 Å². The van der Waals surface area contributed by atoms with Crippen LogP contribution < -0.4 is 0 Å². The molecule has 0 aliphatic carbocycles. The molecule has 118 valence electrons. The van der Waals surface area contributed by atoms with Gasteiger partial charge in [0.25, 0.3) is 0 Å². The third kappa shape index (κ3) is 4.36. The number of aryl methyl sites for hydroxylation is 1. The van der Waals surface area contributed by atoms with E-state index in [1.807, 2.05) is 36.4 Å². The fourth-order valence-electron chi connectivity index (χ4n) is 2.47. The summed E-state index contributed by atoms with van der Waals surface area (Å²) in [7, 11) is 1.68. The molecule has 0 saturated carbocycles. The second kappa shape index (κ2) is 8.01. The van der Waals surface area contributed by atoms with Gasteiger partial charge < -0.3 is 14.4 Å². The third-order valence-corrected chi connectivity index (χ3v) is 3.79. The van der Waals surface area contributed by atoms with Crippen molar-refractivity contribution in [2.45, 2.75) is 25.8 Å². The molecule has 0 unspecified atom stereocenters. The second-order valence-electron chi connectivity index (χ2n) is 5.11. The van der Waals surface area contributed by atoms with Crippen LogP contribution in [0.3, 0.4) is 0 Å². The van der Waals surface area contributed by atoms with E-state index in [1.165, 1.54) is 0 Å². The van der Waals surface area contributed by atoms with Gasteiger partial charge in [0.2, 0.25) is 0 Å². The van der Waals surface area contributed by atoms with Crippen LogP contribution in [0.25, 0.3) is 11.3 Å². The van der Waals surface area contributed by atoms with Crippen LogP contribution in [-0.4, -0.2) is 29.4 Å². The Morgan fingerprint density at radius 3 is 2.59 bits per heavy atom. The van der Waals surface area contributed by atoms with E-state index in [4.69, 9.17) is 21.4 Å². The molecular weight excluding hydrogens is 302 g/mol. The second-order valence-corrected chi connectivity index (χ2v) is 5.54. The maximum atomic E-state index is 10.8. The third-order valence-electron chi connectivity index (χ3n) is 3.54. The monoisotopic (exact) mass is 321 g/mol. The van der Waals surface area contributed by atoms with Crippen LogP contribution in [0.4, 0.5) is 0 Å². The molecule has 0 spiro atoms. The molecular formula is C17H20ClNO3. The standard InChI is InChI=1S/C17H20ClNO3/c1-22-12-2-11-19-15(8-10-17(20)21)7-9-16(19)13-3-5-14(18)6-4-13/h3-7,9H,2,8,10-12H2,1H3,(H,20,21). The number of rotatable bonds is 8. The largest absolute Gasteiger partial charge is 0.481 e. The maximum absolute atomic E-state index is 10.8. The van der Waals surface area contributed by atoms with Gasteiger partial charge in [0, 0.05) is 36.7 Å². The Balaban J connectivity index is 2.27. The van der Waals surface area contributed by atoms with Crippen molar-refractivity contribution in [2.24, 2.45) is 0 Å². The summed E-state index contributed by atoms with van der Waals surface area (Å²) in [6.07, 6.45) is 1.54. The summed E-state index contributed by atoms with van der Waals surface area (Å²) in [5, 5.41) is 9.59. The Morgan fingerprint density at radius 1 is 1.23 bits per heavy atom. The summed E-state index contributed by atoms with van der Waals surface area (Å²) < 4.78 is 7.29. The normalized spacial score (nSPS) is 10.8. The van der Waals surface area contributed by atoms with E-state index in [1.54, 1.807) is 7.11 Å².